The highest BCUT2D eigenvalue weighted by atomic mass is 32.1. The lowest BCUT2D eigenvalue weighted by Gasteiger charge is -2.20. The molecule has 2 N–H and O–H groups in total. The Labute approximate surface area is 65.9 Å². The molecule has 55 valence electrons. The summed E-state index contributed by atoms with van der Waals surface area (Å²) in [4.78, 5) is 0. The van der Waals surface area contributed by atoms with Crippen molar-refractivity contribution in [2.75, 3.05) is 0 Å². The fraction of sp³-hybridized carbons (Fsp3) is 0.375. The third-order valence-electron chi connectivity index (χ3n) is 1.70. The van der Waals surface area contributed by atoms with Gasteiger partial charge in [0.15, 0.2) is 0 Å². The van der Waals surface area contributed by atoms with E-state index in [0.717, 1.165) is 6.42 Å². The lowest BCUT2D eigenvalue weighted by atomic mass is 9.93. The molecule has 1 radical (unpaired) electrons. The minimum absolute atomic E-state index is 0.236. The molecular formula is C8H12NS. The van der Waals surface area contributed by atoms with Crippen molar-refractivity contribution < 1.29 is 0 Å². The van der Waals surface area contributed by atoms with Crippen molar-refractivity contribution in [3.8, 4) is 0 Å². The first-order chi connectivity index (χ1) is 4.67. The van der Waals surface area contributed by atoms with E-state index in [2.05, 4.69) is 18.4 Å². The average molecular weight is 154 g/mol. The van der Waals surface area contributed by atoms with E-state index in [1.165, 1.54) is 5.56 Å². The normalized spacial score (nSPS) is 16.7. The highest BCUT2D eigenvalue weighted by molar-refractivity contribution is 7.08. The molecule has 1 rings (SSSR count). The second-order valence-corrected chi connectivity index (χ2v) is 3.46. The Morgan fingerprint density at radius 2 is 2.50 bits per heavy atom. The lowest BCUT2D eigenvalue weighted by molar-refractivity contribution is 0.502. The summed E-state index contributed by atoms with van der Waals surface area (Å²) < 4.78 is 0. The first kappa shape index (κ1) is 7.76. The van der Waals surface area contributed by atoms with Gasteiger partial charge in [0.25, 0.3) is 0 Å². The molecule has 1 aromatic heterocycles. The summed E-state index contributed by atoms with van der Waals surface area (Å²) in [6.45, 7) is 5.80. The highest BCUT2D eigenvalue weighted by Gasteiger charge is 2.17. The van der Waals surface area contributed by atoms with E-state index in [9.17, 15) is 0 Å². The largest absolute Gasteiger partial charge is 0.322 e. The van der Waals surface area contributed by atoms with Gasteiger partial charge in [-0.1, -0.05) is 6.92 Å². The Morgan fingerprint density at radius 1 is 1.80 bits per heavy atom. The Balaban J connectivity index is 2.85. The average Bonchev–Trinajstić information content (AvgIpc) is 2.38. The van der Waals surface area contributed by atoms with E-state index < -0.39 is 0 Å². The number of nitrogens with two attached hydrogens (primary N) is 1. The first-order valence-corrected chi connectivity index (χ1v) is 4.22. The van der Waals surface area contributed by atoms with Gasteiger partial charge in [-0.05, 0) is 35.7 Å². The van der Waals surface area contributed by atoms with Gasteiger partial charge in [0.2, 0.25) is 0 Å². The van der Waals surface area contributed by atoms with Crippen molar-refractivity contribution >= 4 is 11.3 Å². The molecule has 0 aliphatic heterocycles. The Kier molecular flexibility index (Phi) is 2.11. The van der Waals surface area contributed by atoms with E-state index in [4.69, 9.17) is 5.73 Å². The van der Waals surface area contributed by atoms with Gasteiger partial charge in [-0.3, -0.25) is 0 Å². The molecule has 2 heteroatoms. The zero-order valence-corrected chi connectivity index (χ0v) is 6.95. The van der Waals surface area contributed by atoms with Crippen LogP contribution in [-0.4, -0.2) is 0 Å². The number of hydrogen-bond donors (Lipinski definition) is 1. The van der Waals surface area contributed by atoms with Gasteiger partial charge in [-0.15, -0.1) is 0 Å². The second-order valence-electron chi connectivity index (χ2n) is 2.68. The Bertz CT molecular complexity index is 189. The van der Waals surface area contributed by atoms with Crippen LogP contribution in [0, 0.1) is 6.92 Å². The van der Waals surface area contributed by atoms with Crippen LogP contribution < -0.4 is 5.73 Å². The quantitative estimate of drug-likeness (QED) is 0.694. The summed E-state index contributed by atoms with van der Waals surface area (Å²) in [5.74, 6) is 0. The molecular weight excluding hydrogens is 142 g/mol. The lowest BCUT2D eigenvalue weighted by Crippen LogP contribution is -2.31. The number of thiophene rings is 1. The summed E-state index contributed by atoms with van der Waals surface area (Å²) in [7, 11) is 0. The maximum absolute atomic E-state index is 5.93. The topological polar surface area (TPSA) is 26.0 Å². The van der Waals surface area contributed by atoms with Crippen LogP contribution in [0.4, 0.5) is 0 Å². The predicted octanol–water partition coefficient (Wildman–Crippen LogP) is 2.15. The molecule has 1 nitrogen and oxygen atoms in total. The van der Waals surface area contributed by atoms with Crippen LogP contribution in [0.15, 0.2) is 16.8 Å². The number of hydrogen-bond acceptors (Lipinski definition) is 2. The third kappa shape index (κ3) is 1.39. The predicted molar refractivity (Wildman–Crippen MR) is 45.8 cm³/mol. The zero-order valence-electron chi connectivity index (χ0n) is 6.13. The van der Waals surface area contributed by atoms with Gasteiger partial charge >= 0.3 is 0 Å². The van der Waals surface area contributed by atoms with Gasteiger partial charge in [0.1, 0.15) is 0 Å². The van der Waals surface area contributed by atoms with Crippen LogP contribution >= 0.6 is 11.3 Å². The Morgan fingerprint density at radius 3 is 2.90 bits per heavy atom. The Hall–Kier alpha value is -0.340. The molecule has 0 saturated carbocycles. The van der Waals surface area contributed by atoms with Crippen LogP contribution in [0.2, 0.25) is 0 Å². The molecule has 0 aliphatic carbocycles. The highest BCUT2D eigenvalue weighted by Crippen LogP contribution is 2.22. The summed E-state index contributed by atoms with van der Waals surface area (Å²) >= 11 is 1.67. The molecule has 0 spiro atoms. The molecule has 0 bridgehead atoms. The molecule has 10 heavy (non-hydrogen) atoms. The fourth-order valence-electron chi connectivity index (χ4n) is 0.734. The molecule has 0 saturated heterocycles. The fourth-order valence-corrected chi connectivity index (χ4v) is 1.53. The van der Waals surface area contributed by atoms with Crippen LogP contribution in [0.5, 0.6) is 0 Å². The molecule has 0 fully saturated rings. The van der Waals surface area contributed by atoms with Crippen molar-refractivity contribution in [2.45, 2.75) is 18.9 Å². The van der Waals surface area contributed by atoms with Gasteiger partial charge in [0, 0.05) is 5.54 Å². The SMILES string of the molecule is [CH2]CC(C)(N)c1ccsc1. The molecule has 1 unspecified atom stereocenters. The molecule has 0 amide bonds. The smallest absolute Gasteiger partial charge is 0.0389 e. The van der Waals surface area contributed by atoms with Gasteiger partial charge < -0.3 is 5.73 Å². The van der Waals surface area contributed by atoms with Gasteiger partial charge in [0.05, 0.1) is 0 Å². The maximum atomic E-state index is 5.93. The van der Waals surface area contributed by atoms with Gasteiger partial charge in [-0.2, -0.15) is 11.3 Å². The third-order valence-corrected chi connectivity index (χ3v) is 2.38. The summed E-state index contributed by atoms with van der Waals surface area (Å²) in [5.41, 5.74) is 6.88. The molecule has 0 aromatic carbocycles. The van der Waals surface area contributed by atoms with E-state index in [1.54, 1.807) is 11.3 Å². The number of rotatable bonds is 2. The molecule has 1 aromatic rings. The van der Waals surface area contributed by atoms with E-state index in [0.29, 0.717) is 0 Å². The molecule has 0 aliphatic rings. The van der Waals surface area contributed by atoms with Crippen molar-refractivity contribution in [2.24, 2.45) is 5.73 Å². The van der Waals surface area contributed by atoms with E-state index >= 15 is 0 Å². The van der Waals surface area contributed by atoms with Crippen LogP contribution in [0.25, 0.3) is 0 Å². The van der Waals surface area contributed by atoms with Crippen LogP contribution in [0.3, 0.4) is 0 Å². The minimum Gasteiger partial charge on any atom is -0.322 e. The van der Waals surface area contributed by atoms with E-state index in [-0.39, 0.29) is 5.54 Å². The minimum atomic E-state index is -0.236. The standard InChI is InChI=1S/C8H12NS/c1-3-8(2,9)7-4-5-10-6-7/h4-6H,1,3,9H2,2H3. The van der Waals surface area contributed by atoms with Gasteiger partial charge in [-0.25, -0.2) is 0 Å². The summed E-state index contributed by atoms with van der Waals surface area (Å²) in [6.07, 6.45) is 0.740. The van der Waals surface area contributed by atoms with Crippen LogP contribution in [-0.2, 0) is 5.54 Å². The summed E-state index contributed by atoms with van der Waals surface area (Å²) in [5, 5.41) is 4.11. The second kappa shape index (κ2) is 2.72. The van der Waals surface area contributed by atoms with Crippen molar-refractivity contribution in [3.63, 3.8) is 0 Å². The first-order valence-electron chi connectivity index (χ1n) is 3.27. The molecule has 1 heterocycles. The van der Waals surface area contributed by atoms with Crippen molar-refractivity contribution in [1.29, 1.82) is 0 Å². The molecule has 1 atom stereocenters. The van der Waals surface area contributed by atoms with E-state index in [1.807, 2.05) is 12.3 Å². The summed E-state index contributed by atoms with van der Waals surface area (Å²) in [6, 6.07) is 2.05. The maximum Gasteiger partial charge on any atom is 0.0389 e. The monoisotopic (exact) mass is 154 g/mol. The zero-order chi connectivity index (χ0) is 7.61. The van der Waals surface area contributed by atoms with Crippen molar-refractivity contribution in [3.05, 3.63) is 29.3 Å². The van der Waals surface area contributed by atoms with Crippen molar-refractivity contribution in [1.82, 2.24) is 0 Å². The van der Waals surface area contributed by atoms with Crippen LogP contribution in [0.1, 0.15) is 18.9 Å².